The SMILES string of the molecule is CCCC[C@@H]1OCCC[C@H]1[Si](C)(C)c1ccc(C)cc1. The van der Waals surface area contributed by atoms with E-state index in [0.29, 0.717) is 6.10 Å². The van der Waals surface area contributed by atoms with Crippen molar-refractivity contribution in [3.05, 3.63) is 29.8 Å². The van der Waals surface area contributed by atoms with Crippen LogP contribution in [0.5, 0.6) is 0 Å². The van der Waals surface area contributed by atoms with E-state index in [4.69, 9.17) is 4.74 Å². The Morgan fingerprint density at radius 3 is 2.55 bits per heavy atom. The number of benzene rings is 1. The van der Waals surface area contributed by atoms with Gasteiger partial charge < -0.3 is 4.74 Å². The monoisotopic (exact) mass is 290 g/mol. The van der Waals surface area contributed by atoms with Gasteiger partial charge in [0.05, 0.1) is 14.2 Å². The molecule has 1 aromatic carbocycles. The van der Waals surface area contributed by atoms with Crippen LogP contribution in [-0.4, -0.2) is 20.8 Å². The smallest absolute Gasteiger partial charge is 0.0862 e. The number of hydrogen-bond acceptors (Lipinski definition) is 1. The van der Waals surface area contributed by atoms with Crippen molar-refractivity contribution in [3.63, 3.8) is 0 Å². The maximum Gasteiger partial charge on any atom is 0.0862 e. The van der Waals surface area contributed by atoms with Gasteiger partial charge in [0.25, 0.3) is 0 Å². The van der Waals surface area contributed by atoms with Crippen molar-refractivity contribution in [2.75, 3.05) is 6.61 Å². The van der Waals surface area contributed by atoms with Crippen molar-refractivity contribution in [2.45, 2.75) is 70.7 Å². The highest BCUT2D eigenvalue weighted by molar-refractivity contribution is 6.91. The van der Waals surface area contributed by atoms with E-state index >= 15 is 0 Å². The predicted octanol–water partition coefficient (Wildman–Crippen LogP) is 4.65. The fraction of sp³-hybridized carbons (Fsp3) is 0.667. The summed E-state index contributed by atoms with van der Waals surface area (Å²) in [5, 5.41) is 1.60. The van der Waals surface area contributed by atoms with Crippen molar-refractivity contribution >= 4 is 13.3 Å². The van der Waals surface area contributed by atoms with Gasteiger partial charge in [-0.15, -0.1) is 0 Å². The van der Waals surface area contributed by atoms with Gasteiger partial charge >= 0.3 is 0 Å². The van der Waals surface area contributed by atoms with Gasteiger partial charge in [-0.05, 0) is 31.7 Å². The van der Waals surface area contributed by atoms with Gasteiger partial charge in [-0.2, -0.15) is 0 Å². The van der Waals surface area contributed by atoms with Gasteiger partial charge in [0, 0.05) is 6.61 Å². The molecule has 0 amide bonds. The minimum absolute atomic E-state index is 0.506. The van der Waals surface area contributed by atoms with Crippen LogP contribution in [0.2, 0.25) is 18.6 Å². The minimum atomic E-state index is -1.44. The third-order valence-corrected chi connectivity index (χ3v) is 9.34. The molecular weight excluding hydrogens is 260 g/mol. The Morgan fingerprint density at radius 2 is 1.90 bits per heavy atom. The van der Waals surface area contributed by atoms with Crippen LogP contribution in [-0.2, 0) is 4.74 Å². The van der Waals surface area contributed by atoms with Gasteiger partial charge in [-0.1, -0.05) is 67.9 Å². The lowest BCUT2D eigenvalue weighted by atomic mass is 10.0. The summed E-state index contributed by atoms with van der Waals surface area (Å²) >= 11 is 0. The second-order valence-electron chi connectivity index (χ2n) is 6.89. The molecule has 1 aliphatic rings. The summed E-state index contributed by atoms with van der Waals surface area (Å²) in [6.45, 7) is 10.5. The standard InChI is InChI=1S/C18H30OSi/c1-5-6-8-17-18(9-7-14-19-17)20(3,4)16-12-10-15(2)11-13-16/h10-13,17-18H,5-9,14H2,1-4H3/t17-,18+/m0/s1. The molecule has 1 aromatic rings. The van der Waals surface area contributed by atoms with Crippen LogP contribution in [0.4, 0.5) is 0 Å². The Morgan fingerprint density at radius 1 is 1.20 bits per heavy atom. The van der Waals surface area contributed by atoms with Crippen molar-refractivity contribution in [1.82, 2.24) is 0 Å². The van der Waals surface area contributed by atoms with Gasteiger partial charge in [0.1, 0.15) is 0 Å². The first-order valence-electron chi connectivity index (χ1n) is 8.24. The summed E-state index contributed by atoms with van der Waals surface area (Å²) in [6, 6.07) is 9.28. The first kappa shape index (κ1) is 15.8. The zero-order valence-corrected chi connectivity index (χ0v) is 14.6. The number of unbranched alkanes of at least 4 members (excludes halogenated alkanes) is 1. The second-order valence-corrected chi connectivity index (χ2v) is 11.7. The largest absolute Gasteiger partial charge is 0.378 e. The molecule has 2 atom stereocenters. The fourth-order valence-corrected chi connectivity index (χ4v) is 7.12. The number of rotatable bonds is 5. The third-order valence-electron chi connectivity index (χ3n) is 5.00. The molecule has 2 heteroatoms. The first-order valence-corrected chi connectivity index (χ1v) is 11.3. The molecular formula is C18H30OSi. The molecule has 0 unspecified atom stereocenters. The highest BCUT2D eigenvalue weighted by Crippen LogP contribution is 2.37. The summed E-state index contributed by atoms with van der Waals surface area (Å²) in [6.07, 6.45) is 6.95. The second kappa shape index (κ2) is 6.90. The molecule has 1 saturated heterocycles. The number of ether oxygens (including phenoxy) is 1. The molecule has 0 aliphatic carbocycles. The summed E-state index contributed by atoms with van der Waals surface area (Å²) < 4.78 is 6.16. The Balaban J connectivity index is 2.18. The molecule has 0 aromatic heterocycles. The summed E-state index contributed by atoms with van der Waals surface area (Å²) in [5.74, 6) is 0. The molecule has 0 bridgehead atoms. The summed E-state index contributed by atoms with van der Waals surface area (Å²) in [5.41, 5.74) is 2.14. The van der Waals surface area contributed by atoms with Gasteiger partial charge in [-0.3, -0.25) is 0 Å². The van der Waals surface area contributed by atoms with E-state index < -0.39 is 8.07 Å². The van der Waals surface area contributed by atoms with E-state index in [1.54, 1.807) is 5.19 Å². The molecule has 2 rings (SSSR count). The molecule has 1 nitrogen and oxygen atoms in total. The topological polar surface area (TPSA) is 9.23 Å². The third kappa shape index (κ3) is 3.53. The van der Waals surface area contributed by atoms with E-state index in [-0.39, 0.29) is 0 Å². The predicted molar refractivity (Wildman–Crippen MR) is 90.5 cm³/mol. The van der Waals surface area contributed by atoms with Crippen LogP contribution >= 0.6 is 0 Å². The average molecular weight is 291 g/mol. The van der Waals surface area contributed by atoms with Crippen LogP contribution in [0, 0.1) is 6.92 Å². The van der Waals surface area contributed by atoms with Crippen LogP contribution in [0.15, 0.2) is 24.3 Å². The van der Waals surface area contributed by atoms with Gasteiger partial charge in [0.2, 0.25) is 0 Å². The van der Waals surface area contributed by atoms with Gasteiger partial charge in [-0.25, -0.2) is 0 Å². The van der Waals surface area contributed by atoms with Crippen LogP contribution in [0.25, 0.3) is 0 Å². The maximum atomic E-state index is 6.16. The van der Waals surface area contributed by atoms with E-state index in [1.165, 1.54) is 37.7 Å². The van der Waals surface area contributed by atoms with Crippen LogP contribution in [0.1, 0.15) is 44.6 Å². The molecule has 1 heterocycles. The average Bonchev–Trinajstić information content (AvgIpc) is 2.46. The highest BCUT2D eigenvalue weighted by Gasteiger charge is 2.40. The molecule has 1 fully saturated rings. The molecule has 0 spiro atoms. The van der Waals surface area contributed by atoms with Crippen LogP contribution < -0.4 is 5.19 Å². The minimum Gasteiger partial charge on any atom is -0.378 e. The Labute approximate surface area is 125 Å². The van der Waals surface area contributed by atoms with Crippen molar-refractivity contribution in [3.8, 4) is 0 Å². The lowest BCUT2D eigenvalue weighted by Crippen LogP contribution is -2.51. The normalized spacial score (nSPS) is 23.8. The van der Waals surface area contributed by atoms with Gasteiger partial charge in [0.15, 0.2) is 0 Å². The zero-order valence-electron chi connectivity index (χ0n) is 13.6. The van der Waals surface area contributed by atoms with E-state index in [1.807, 2.05) is 0 Å². The number of hydrogen-bond donors (Lipinski definition) is 0. The van der Waals surface area contributed by atoms with E-state index in [9.17, 15) is 0 Å². The van der Waals surface area contributed by atoms with E-state index in [2.05, 4.69) is 51.2 Å². The first-order chi connectivity index (χ1) is 9.55. The molecule has 0 saturated carbocycles. The van der Waals surface area contributed by atoms with E-state index in [0.717, 1.165) is 12.1 Å². The number of aryl methyl sites for hydroxylation is 1. The lowest BCUT2D eigenvalue weighted by molar-refractivity contribution is 0.00875. The molecule has 20 heavy (non-hydrogen) atoms. The quantitative estimate of drug-likeness (QED) is 0.717. The fourth-order valence-electron chi connectivity index (χ4n) is 3.55. The summed E-state index contributed by atoms with van der Waals surface area (Å²) in [4.78, 5) is 0. The lowest BCUT2D eigenvalue weighted by Gasteiger charge is -2.41. The highest BCUT2D eigenvalue weighted by atomic mass is 28.3. The maximum absolute atomic E-state index is 6.16. The Bertz CT molecular complexity index is 410. The summed E-state index contributed by atoms with van der Waals surface area (Å²) in [7, 11) is -1.44. The molecule has 112 valence electrons. The van der Waals surface area contributed by atoms with Crippen molar-refractivity contribution < 1.29 is 4.74 Å². The molecule has 1 aliphatic heterocycles. The van der Waals surface area contributed by atoms with Crippen molar-refractivity contribution in [2.24, 2.45) is 0 Å². The molecule has 0 radical (unpaired) electrons. The van der Waals surface area contributed by atoms with Crippen molar-refractivity contribution in [1.29, 1.82) is 0 Å². The Hall–Kier alpha value is -0.603. The zero-order chi connectivity index (χ0) is 14.6. The van der Waals surface area contributed by atoms with Crippen LogP contribution in [0.3, 0.4) is 0 Å². The molecule has 0 N–H and O–H groups in total. The Kier molecular flexibility index (Phi) is 5.45.